The van der Waals surface area contributed by atoms with E-state index < -0.39 is 7.60 Å². The quantitative estimate of drug-likeness (QED) is 0.198. The first-order valence-corrected chi connectivity index (χ1v) is 7.97. The van der Waals surface area contributed by atoms with E-state index >= 15 is 0 Å². The molecule has 0 atom stereocenters. The van der Waals surface area contributed by atoms with Gasteiger partial charge in [-0.3, -0.25) is 9.36 Å². The lowest BCUT2D eigenvalue weighted by molar-refractivity contribution is -0.104. The van der Waals surface area contributed by atoms with Gasteiger partial charge in [0.1, 0.15) is 0 Å². The third kappa shape index (κ3) is 6.32. The Morgan fingerprint density at radius 1 is 1.17 bits per heavy atom. The van der Waals surface area contributed by atoms with Gasteiger partial charge in [0.25, 0.3) is 0 Å². The van der Waals surface area contributed by atoms with Crippen LogP contribution in [-0.4, -0.2) is 19.5 Å². The van der Waals surface area contributed by atoms with E-state index in [2.05, 4.69) is 12.7 Å². The summed E-state index contributed by atoms with van der Waals surface area (Å²) in [5, 5.41) is 0.465. The maximum absolute atomic E-state index is 12.5. The van der Waals surface area contributed by atoms with Crippen LogP contribution < -0.4 is 0 Å². The van der Waals surface area contributed by atoms with E-state index in [1.807, 2.05) is 0 Å². The van der Waals surface area contributed by atoms with E-state index in [9.17, 15) is 9.36 Å². The molecule has 0 N–H and O–H groups in total. The topological polar surface area (TPSA) is 52.6 Å². The zero-order chi connectivity index (χ0) is 13.9. The predicted molar refractivity (Wildman–Crippen MR) is 72.7 cm³/mol. The van der Waals surface area contributed by atoms with E-state index in [4.69, 9.17) is 9.05 Å². The molecular formula is C13H23O4P. The first-order chi connectivity index (χ1) is 8.64. The Morgan fingerprint density at radius 3 is 2.22 bits per heavy atom. The second kappa shape index (κ2) is 10.3. The van der Waals surface area contributed by atoms with Crippen LogP contribution in [-0.2, 0) is 18.4 Å². The van der Waals surface area contributed by atoms with Crippen molar-refractivity contribution in [1.82, 2.24) is 0 Å². The highest BCUT2D eigenvalue weighted by molar-refractivity contribution is 7.58. The molecule has 0 bridgehead atoms. The molecule has 5 heteroatoms. The van der Waals surface area contributed by atoms with Crippen LogP contribution in [0, 0.1) is 0 Å². The highest BCUT2D eigenvalue weighted by atomic mass is 31.2. The molecule has 18 heavy (non-hydrogen) atoms. The lowest BCUT2D eigenvalue weighted by Crippen LogP contribution is -1.99. The van der Waals surface area contributed by atoms with Crippen molar-refractivity contribution in [3.8, 4) is 0 Å². The minimum Gasteiger partial charge on any atom is -0.305 e. The Labute approximate surface area is 110 Å². The second-order valence-electron chi connectivity index (χ2n) is 3.68. The number of hydrogen-bond acceptors (Lipinski definition) is 4. The molecule has 0 heterocycles. The number of aldehydes is 1. The molecule has 0 unspecified atom stereocenters. The van der Waals surface area contributed by atoms with E-state index in [-0.39, 0.29) is 0 Å². The van der Waals surface area contributed by atoms with Crippen LogP contribution in [0.5, 0.6) is 0 Å². The molecule has 0 radical (unpaired) electrons. The largest absolute Gasteiger partial charge is 0.364 e. The first-order valence-electron chi connectivity index (χ1n) is 6.43. The number of rotatable bonds is 10. The summed E-state index contributed by atoms with van der Waals surface area (Å²) in [5.74, 6) is 0. The van der Waals surface area contributed by atoms with Gasteiger partial charge in [-0.1, -0.05) is 19.8 Å². The smallest absolute Gasteiger partial charge is 0.305 e. The van der Waals surface area contributed by atoms with Gasteiger partial charge in [0.15, 0.2) is 6.29 Å². The fourth-order valence-electron chi connectivity index (χ4n) is 1.49. The molecule has 0 aromatic rings. The van der Waals surface area contributed by atoms with Crippen LogP contribution >= 0.6 is 7.60 Å². The summed E-state index contributed by atoms with van der Waals surface area (Å²) in [6.45, 7) is 6.22. The van der Waals surface area contributed by atoms with Gasteiger partial charge in [-0.25, -0.2) is 0 Å². The Bertz CT molecular complexity index is 333. The zero-order valence-electron chi connectivity index (χ0n) is 11.5. The lowest BCUT2D eigenvalue weighted by Gasteiger charge is -2.18. The van der Waals surface area contributed by atoms with Gasteiger partial charge in [0.2, 0.25) is 0 Å². The van der Waals surface area contributed by atoms with E-state index in [0.717, 1.165) is 19.3 Å². The average Bonchev–Trinajstić information content (AvgIpc) is 2.34. The number of hydrogen-bond donors (Lipinski definition) is 0. The molecule has 0 saturated carbocycles. The van der Waals surface area contributed by atoms with Crippen LogP contribution in [0.1, 0.15) is 46.5 Å². The van der Waals surface area contributed by atoms with E-state index in [1.54, 1.807) is 13.8 Å². The summed E-state index contributed by atoms with van der Waals surface area (Å²) in [4.78, 5) is 10.4. The van der Waals surface area contributed by atoms with Crippen LogP contribution in [0.3, 0.4) is 0 Å². The number of carbonyl (C=O) groups excluding carboxylic acids is 1. The van der Waals surface area contributed by atoms with Gasteiger partial charge < -0.3 is 9.05 Å². The minimum atomic E-state index is -3.28. The molecule has 0 aliphatic heterocycles. The Balaban J connectivity index is 5.05. The second-order valence-corrected chi connectivity index (χ2v) is 5.74. The van der Waals surface area contributed by atoms with Crippen molar-refractivity contribution in [2.24, 2.45) is 0 Å². The van der Waals surface area contributed by atoms with Gasteiger partial charge in [-0.05, 0) is 26.7 Å². The summed E-state index contributed by atoms with van der Waals surface area (Å²) in [5.41, 5.74) is 2.75. The maximum Gasteiger partial charge on any atom is 0.364 e. The molecule has 4 nitrogen and oxygen atoms in total. The van der Waals surface area contributed by atoms with Crippen LogP contribution in [0.25, 0.3) is 0 Å². The lowest BCUT2D eigenvalue weighted by atomic mass is 10.2. The van der Waals surface area contributed by atoms with Gasteiger partial charge in [-0.15, -0.1) is 5.73 Å². The molecule has 0 aromatic carbocycles. The molecule has 0 fully saturated rings. The number of allylic oxidation sites excluding steroid dienone is 1. The van der Waals surface area contributed by atoms with E-state index in [0.29, 0.717) is 31.2 Å². The third-order valence-electron chi connectivity index (χ3n) is 2.26. The first kappa shape index (κ1) is 17.3. The molecule has 104 valence electrons. The van der Waals surface area contributed by atoms with E-state index in [1.165, 1.54) is 6.08 Å². The summed E-state index contributed by atoms with van der Waals surface area (Å²) in [7, 11) is -3.28. The SMILES string of the molecule is CCCCCC(=C=CC=O)P(=O)(OCC)OCC. The number of unbranched alkanes of at least 4 members (excludes halogenated alkanes) is 2. The fraction of sp³-hybridized carbons (Fsp3) is 0.692. The fourth-order valence-corrected chi connectivity index (χ4v) is 3.22. The van der Waals surface area contributed by atoms with Gasteiger partial charge in [-0.2, -0.15) is 0 Å². The molecule has 0 amide bonds. The zero-order valence-corrected chi connectivity index (χ0v) is 12.4. The minimum absolute atomic E-state index is 0.303. The van der Waals surface area contributed by atoms with Crippen molar-refractivity contribution in [3.05, 3.63) is 17.1 Å². The number of carbonyl (C=O) groups is 1. The van der Waals surface area contributed by atoms with Crippen molar-refractivity contribution in [2.45, 2.75) is 46.5 Å². The van der Waals surface area contributed by atoms with Crippen molar-refractivity contribution in [2.75, 3.05) is 13.2 Å². The van der Waals surface area contributed by atoms with Crippen LogP contribution in [0.4, 0.5) is 0 Å². The normalized spacial score (nSPS) is 10.8. The summed E-state index contributed by atoms with van der Waals surface area (Å²) in [6.07, 6.45) is 5.39. The third-order valence-corrected chi connectivity index (χ3v) is 4.47. The Morgan fingerprint density at radius 2 is 1.78 bits per heavy atom. The van der Waals surface area contributed by atoms with Gasteiger partial charge in [0.05, 0.1) is 18.5 Å². The van der Waals surface area contributed by atoms with Crippen molar-refractivity contribution < 1.29 is 18.4 Å². The maximum atomic E-state index is 12.5. The molecule has 0 spiro atoms. The summed E-state index contributed by atoms with van der Waals surface area (Å²) >= 11 is 0. The predicted octanol–water partition coefficient (Wildman–Crippen LogP) is 4.07. The highest BCUT2D eigenvalue weighted by Gasteiger charge is 2.28. The van der Waals surface area contributed by atoms with Crippen molar-refractivity contribution in [3.63, 3.8) is 0 Å². The monoisotopic (exact) mass is 274 g/mol. The van der Waals surface area contributed by atoms with Gasteiger partial charge >= 0.3 is 7.60 Å². The molecule has 0 rings (SSSR count). The molecule has 0 aliphatic rings. The van der Waals surface area contributed by atoms with Crippen molar-refractivity contribution >= 4 is 13.9 Å². The summed E-state index contributed by atoms with van der Waals surface area (Å²) in [6, 6.07) is 0. The van der Waals surface area contributed by atoms with Gasteiger partial charge in [0, 0.05) is 6.08 Å². The standard InChI is InChI=1S/C13H23O4P/c1-4-7-8-10-13(11-9-12-14)18(15,16-5-2)17-6-3/h9,12H,4-8,10H2,1-3H3. The van der Waals surface area contributed by atoms with Crippen molar-refractivity contribution in [1.29, 1.82) is 0 Å². The Kier molecular flexibility index (Phi) is 9.90. The van der Waals surface area contributed by atoms with Crippen LogP contribution in [0.2, 0.25) is 0 Å². The molecule has 0 aliphatic carbocycles. The average molecular weight is 274 g/mol. The Hall–Kier alpha value is -0.660. The molecule has 0 saturated heterocycles. The molecule has 0 aromatic heterocycles. The summed E-state index contributed by atoms with van der Waals surface area (Å²) < 4.78 is 23.0. The highest BCUT2D eigenvalue weighted by Crippen LogP contribution is 2.57. The molecular weight excluding hydrogens is 251 g/mol. The van der Waals surface area contributed by atoms with Crippen LogP contribution in [0.15, 0.2) is 17.1 Å².